The predicted molar refractivity (Wildman–Crippen MR) is 147 cm³/mol. The second-order valence-corrected chi connectivity index (χ2v) is 12.9. The van der Waals surface area contributed by atoms with E-state index in [1.54, 1.807) is 29.6 Å². The zero-order valence-electron chi connectivity index (χ0n) is 21.3. The molecule has 1 saturated heterocycles. The number of benzene rings is 1. The summed E-state index contributed by atoms with van der Waals surface area (Å²) < 4.78 is 6.69. The van der Waals surface area contributed by atoms with Crippen LogP contribution < -0.4 is 10.6 Å². The Morgan fingerprint density at radius 3 is 2.53 bits per heavy atom. The first kappa shape index (κ1) is 25.2. The van der Waals surface area contributed by atoms with E-state index in [4.69, 9.17) is 9.72 Å². The van der Waals surface area contributed by atoms with Gasteiger partial charge in [-0.3, -0.25) is 4.79 Å². The second-order valence-electron chi connectivity index (χ2n) is 10.7. The van der Waals surface area contributed by atoms with Crippen LogP contribution in [0, 0.1) is 0 Å². The molecule has 2 N–H and O–H groups in total. The van der Waals surface area contributed by atoms with Gasteiger partial charge in [-0.2, -0.15) is 0 Å². The number of carbonyl (C=O) groups is 2. The normalized spacial score (nSPS) is 18.8. The highest BCUT2D eigenvalue weighted by Crippen LogP contribution is 2.46. The van der Waals surface area contributed by atoms with Crippen LogP contribution in [-0.4, -0.2) is 52.7 Å². The van der Waals surface area contributed by atoms with E-state index < -0.39 is 5.60 Å². The Morgan fingerprint density at radius 2 is 1.83 bits per heavy atom. The largest absolute Gasteiger partial charge is 0.444 e. The van der Waals surface area contributed by atoms with Crippen molar-refractivity contribution in [2.75, 3.05) is 18.4 Å². The van der Waals surface area contributed by atoms with Gasteiger partial charge < -0.3 is 20.3 Å². The summed E-state index contributed by atoms with van der Waals surface area (Å²) in [5, 5.41) is 8.84. The van der Waals surface area contributed by atoms with Crippen LogP contribution in [0.1, 0.15) is 57.4 Å². The van der Waals surface area contributed by atoms with Gasteiger partial charge in [-0.25, -0.2) is 9.78 Å². The van der Waals surface area contributed by atoms with E-state index >= 15 is 0 Å². The van der Waals surface area contributed by atoms with Crippen molar-refractivity contribution in [3.8, 4) is 10.6 Å². The molecule has 5 rings (SSSR count). The summed E-state index contributed by atoms with van der Waals surface area (Å²) >= 11 is 3.39. The lowest BCUT2D eigenvalue weighted by molar-refractivity contribution is -0.114. The molecular formula is C27H34N4O3S2. The fourth-order valence-corrected chi connectivity index (χ4v) is 7.55. The monoisotopic (exact) mass is 526 g/mol. The number of carbonyl (C=O) groups excluding carboxylic acids is 2. The molecule has 2 aromatic heterocycles. The van der Waals surface area contributed by atoms with Gasteiger partial charge in [0.2, 0.25) is 5.91 Å². The molecule has 192 valence electrons. The third-order valence-electron chi connectivity index (χ3n) is 6.68. The SMILES string of the molecule is CC(=O)Nc1sc2c(c1-c1nc3ccccc3s1)CCC(NC1CCN(C(=O)OC(C)(C)C)CC1)C2. The van der Waals surface area contributed by atoms with Crippen LogP contribution in [0.15, 0.2) is 24.3 Å². The minimum atomic E-state index is -0.465. The van der Waals surface area contributed by atoms with Gasteiger partial charge in [0.15, 0.2) is 0 Å². The Balaban J connectivity index is 1.27. The lowest BCUT2D eigenvalue weighted by Crippen LogP contribution is -2.49. The van der Waals surface area contributed by atoms with E-state index in [9.17, 15) is 9.59 Å². The number of para-hydroxylation sites is 1. The molecule has 7 nitrogen and oxygen atoms in total. The fourth-order valence-electron chi connectivity index (χ4n) is 5.07. The summed E-state index contributed by atoms with van der Waals surface area (Å²) in [7, 11) is 0. The Morgan fingerprint density at radius 1 is 1.08 bits per heavy atom. The van der Waals surface area contributed by atoms with Gasteiger partial charge in [0, 0.05) is 42.5 Å². The van der Waals surface area contributed by atoms with Gasteiger partial charge in [-0.15, -0.1) is 22.7 Å². The molecule has 2 amide bonds. The number of piperidine rings is 1. The first-order chi connectivity index (χ1) is 17.2. The third-order valence-corrected chi connectivity index (χ3v) is 8.90. The van der Waals surface area contributed by atoms with Crippen LogP contribution in [0.4, 0.5) is 9.80 Å². The zero-order chi connectivity index (χ0) is 25.4. The van der Waals surface area contributed by atoms with Crippen molar-refractivity contribution in [3.05, 3.63) is 34.7 Å². The highest BCUT2D eigenvalue weighted by atomic mass is 32.1. The smallest absolute Gasteiger partial charge is 0.410 e. The quantitative estimate of drug-likeness (QED) is 0.447. The third kappa shape index (κ3) is 5.58. The summed E-state index contributed by atoms with van der Waals surface area (Å²) in [6.45, 7) is 8.72. The molecule has 0 spiro atoms. The molecule has 1 unspecified atom stereocenters. The van der Waals surface area contributed by atoms with Gasteiger partial charge in [0.25, 0.3) is 0 Å². The zero-order valence-corrected chi connectivity index (χ0v) is 23.0. The maximum Gasteiger partial charge on any atom is 0.410 e. The number of nitrogens with zero attached hydrogens (tertiary/aromatic N) is 2. The van der Waals surface area contributed by atoms with Crippen molar-refractivity contribution in [3.63, 3.8) is 0 Å². The molecule has 0 radical (unpaired) electrons. The summed E-state index contributed by atoms with van der Waals surface area (Å²) in [6, 6.07) is 8.98. The van der Waals surface area contributed by atoms with E-state index in [1.807, 2.05) is 43.9 Å². The second kappa shape index (κ2) is 10.1. The number of ether oxygens (including phenoxy) is 1. The van der Waals surface area contributed by atoms with E-state index in [-0.39, 0.29) is 12.0 Å². The van der Waals surface area contributed by atoms with E-state index in [0.717, 1.165) is 71.0 Å². The van der Waals surface area contributed by atoms with Crippen molar-refractivity contribution < 1.29 is 14.3 Å². The Kier molecular flexibility index (Phi) is 7.07. The van der Waals surface area contributed by atoms with Gasteiger partial charge in [-0.05, 0) is 70.6 Å². The number of aromatic nitrogens is 1. The lowest BCUT2D eigenvalue weighted by Gasteiger charge is -2.36. The number of hydrogen-bond acceptors (Lipinski definition) is 7. The number of likely N-dealkylation sites (tertiary alicyclic amines) is 1. The molecule has 3 heterocycles. The van der Waals surface area contributed by atoms with E-state index in [1.165, 1.54) is 10.4 Å². The van der Waals surface area contributed by atoms with Crippen LogP contribution >= 0.6 is 22.7 Å². The maximum absolute atomic E-state index is 12.4. The van der Waals surface area contributed by atoms with Crippen LogP contribution in [-0.2, 0) is 22.4 Å². The Hall–Kier alpha value is -2.49. The lowest BCUT2D eigenvalue weighted by atomic mass is 9.90. The number of thiophene rings is 1. The number of rotatable bonds is 4. The molecule has 9 heteroatoms. The van der Waals surface area contributed by atoms with E-state index in [2.05, 4.69) is 16.7 Å². The fraction of sp³-hybridized carbons (Fsp3) is 0.519. The molecule has 1 fully saturated rings. The standard InChI is InChI=1S/C27H34N4O3S2/c1-16(32)28-24-23(25-30-20-7-5-6-8-21(20)35-25)19-10-9-18(15-22(19)36-24)29-17-11-13-31(14-12-17)26(33)34-27(2,3)4/h5-8,17-18,29H,9-15H2,1-4H3,(H,28,32). The van der Waals surface area contributed by atoms with Crippen molar-refractivity contribution in [1.82, 2.24) is 15.2 Å². The van der Waals surface area contributed by atoms with Crippen LogP contribution in [0.5, 0.6) is 0 Å². The maximum atomic E-state index is 12.4. The first-order valence-corrected chi connectivity index (χ1v) is 14.3. The molecule has 1 aromatic carbocycles. The number of nitrogens with one attached hydrogen (secondary N) is 2. The number of thiazole rings is 1. The van der Waals surface area contributed by atoms with Gasteiger partial charge in [-0.1, -0.05) is 12.1 Å². The topological polar surface area (TPSA) is 83.6 Å². The molecule has 2 aliphatic rings. The average Bonchev–Trinajstić information content (AvgIpc) is 3.38. The molecule has 1 aliphatic heterocycles. The summed E-state index contributed by atoms with van der Waals surface area (Å²) in [5.41, 5.74) is 2.97. The minimum Gasteiger partial charge on any atom is -0.444 e. The number of hydrogen-bond donors (Lipinski definition) is 2. The predicted octanol–water partition coefficient (Wildman–Crippen LogP) is 5.83. The van der Waals surface area contributed by atoms with Crippen LogP contribution in [0.3, 0.4) is 0 Å². The number of anilines is 1. The average molecular weight is 527 g/mol. The Bertz CT molecular complexity index is 1230. The van der Waals surface area contributed by atoms with Crippen LogP contribution in [0.2, 0.25) is 0 Å². The van der Waals surface area contributed by atoms with Crippen molar-refractivity contribution in [1.29, 1.82) is 0 Å². The molecule has 36 heavy (non-hydrogen) atoms. The van der Waals surface area contributed by atoms with Crippen molar-refractivity contribution >= 4 is 49.9 Å². The van der Waals surface area contributed by atoms with Gasteiger partial charge >= 0.3 is 6.09 Å². The Labute approximate surface area is 220 Å². The molecular weight excluding hydrogens is 492 g/mol. The molecule has 1 atom stereocenters. The highest BCUT2D eigenvalue weighted by molar-refractivity contribution is 7.22. The van der Waals surface area contributed by atoms with Crippen molar-refractivity contribution in [2.24, 2.45) is 0 Å². The highest BCUT2D eigenvalue weighted by Gasteiger charge is 2.31. The summed E-state index contributed by atoms with van der Waals surface area (Å²) in [6.07, 6.45) is 4.61. The molecule has 0 bridgehead atoms. The molecule has 3 aromatic rings. The minimum absolute atomic E-state index is 0.0534. The van der Waals surface area contributed by atoms with Gasteiger partial charge in [0.1, 0.15) is 15.6 Å². The number of amides is 2. The van der Waals surface area contributed by atoms with Gasteiger partial charge in [0.05, 0.1) is 10.2 Å². The summed E-state index contributed by atoms with van der Waals surface area (Å²) in [4.78, 5) is 32.4. The first-order valence-electron chi connectivity index (χ1n) is 12.7. The van der Waals surface area contributed by atoms with E-state index in [0.29, 0.717) is 12.1 Å². The molecule has 1 aliphatic carbocycles. The van der Waals surface area contributed by atoms with Crippen molar-refractivity contribution in [2.45, 2.75) is 77.5 Å². The van der Waals surface area contributed by atoms with Crippen LogP contribution in [0.25, 0.3) is 20.8 Å². The summed E-state index contributed by atoms with van der Waals surface area (Å²) in [5.74, 6) is -0.0534. The molecule has 0 saturated carbocycles. The number of fused-ring (bicyclic) bond motifs is 2.